The molecule has 0 fully saturated rings. The van der Waals surface area contributed by atoms with Gasteiger partial charge in [-0.3, -0.25) is 9.59 Å². The van der Waals surface area contributed by atoms with Crippen molar-refractivity contribution in [1.29, 1.82) is 0 Å². The predicted octanol–water partition coefficient (Wildman–Crippen LogP) is 3.52. The number of hydrogen-bond acceptors (Lipinski definition) is 4. The summed E-state index contributed by atoms with van der Waals surface area (Å²) in [4.78, 5) is 28.9. The third-order valence-electron chi connectivity index (χ3n) is 6.36. The van der Waals surface area contributed by atoms with Gasteiger partial charge in [0.15, 0.2) is 0 Å². The second-order valence-corrected chi connectivity index (χ2v) is 11.4. The minimum absolute atomic E-state index is 0.0966. The van der Waals surface area contributed by atoms with Gasteiger partial charge in [-0.15, -0.1) is 0 Å². The predicted molar refractivity (Wildman–Crippen MR) is 151 cm³/mol. The third-order valence-corrected chi connectivity index (χ3v) is 8.18. The molecule has 1 N–H and O–H groups in total. The normalized spacial score (nSPS) is 12.2. The van der Waals surface area contributed by atoms with Crippen LogP contribution >= 0.6 is 0 Å². The van der Waals surface area contributed by atoms with Crippen molar-refractivity contribution in [3.8, 4) is 0 Å². The number of nitrogens with one attached hydrogen (secondary N) is 1. The van der Waals surface area contributed by atoms with Crippen LogP contribution in [-0.4, -0.2) is 62.7 Å². The molecule has 0 saturated carbocycles. The molecule has 3 aromatic rings. The number of aryl methyl sites for hydroxylation is 1. The molecule has 1 unspecified atom stereocenters. The van der Waals surface area contributed by atoms with Crippen LogP contribution in [0.1, 0.15) is 23.6 Å². The fourth-order valence-electron chi connectivity index (χ4n) is 4.14. The fraction of sp³-hybridized carbons (Fsp3) is 0.310. The summed E-state index contributed by atoms with van der Waals surface area (Å²) in [6.45, 7) is 3.60. The largest absolute Gasteiger partial charge is 0.355 e. The Balaban J connectivity index is 2.08. The molecule has 0 aliphatic heterocycles. The van der Waals surface area contributed by atoms with Gasteiger partial charge in [0.2, 0.25) is 11.8 Å². The van der Waals surface area contributed by atoms with Crippen LogP contribution in [0.3, 0.4) is 0 Å². The monoisotopic (exact) mass is 554 g/mol. The molecule has 0 aromatic heterocycles. The zero-order valence-corrected chi connectivity index (χ0v) is 23.5. The second-order valence-electron chi connectivity index (χ2n) is 9.32. The molecule has 0 aliphatic carbocycles. The average Bonchev–Trinajstić information content (AvgIpc) is 2.91. The van der Waals surface area contributed by atoms with E-state index in [4.69, 9.17) is 0 Å². The summed E-state index contributed by atoms with van der Waals surface area (Å²) in [6, 6.07) is 20.8. The lowest BCUT2D eigenvalue weighted by Crippen LogP contribution is -2.54. The van der Waals surface area contributed by atoms with Gasteiger partial charge < -0.3 is 10.2 Å². The van der Waals surface area contributed by atoms with E-state index in [9.17, 15) is 22.4 Å². The smallest absolute Gasteiger partial charge is 0.304 e. The molecule has 10 heteroatoms. The molecule has 0 spiro atoms. The molecule has 0 saturated heterocycles. The molecule has 0 radical (unpaired) electrons. The van der Waals surface area contributed by atoms with E-state index in [1.54, 1.807) is 6.92 Å². The number of amides is 2. The van der Waals surface area contributed by atoms with Crippen LogP contribution in [0, 0.1) is 12.7 Å². The molecule has 0 heterocycles. The maximum absolute atomic E-state index is 14.1. The molecule has 39 heavy (non-hydrogen) atoms. The zero-order chi connectivity index (χ0) is 28.6. The first-order valence-electron chi connectivity index (χ1n) is 12.7. The maximum Gasteiger partial charge on any atom is 0.304 e. The summed E-state index contributed by atoms with van der Waals surface area (Å²) in [5, 5.41) is 2.83. The van der Waals surface area contributed by atoms with Crippen molar-refractivity contribution in [2.24, 2.45) is 0 Å². The standard InChI is InChI=1S/C29H35FN4O4S/c1-5-31-29(36)27(19-23-12-7-6-8-13-23)33(20-24-14-10-9-11-22(24)2)28(35)21-34(39(37,38)32(3)4)26-17-15-25(30)16-18-26/h6-18,27H,5,19-21H2,1-4H3,(H,31,36). The molecule has 0 aliphatic rings. The molecule has 3 aromatic carbocycles. The van der Waals surface area contributed by atoms with Crippen LogP contribution in [-0.2, 0) is 32.8 Å². The molecule has 2 amide bonds. The van der Waals surface area contributed by atoms with Crippen molar-refractivity contribution >= 4 is 27.7 Å². The number of hydrogen-bond donors (Lipinski definition) is 1. The van der Waals surface area contributed by atoms with Crippen LogP contribution in [0.2, 0.25) is 0 Å². The van der Waals surface area contributed by atoms with Crippen molar-refractivity contribution in [3.63, 3.8) is 0 Å². The molecular formula is C29H35FN4O4S. The number of nitrogens with zero attached hydrogens (tertiary/aromatic N) is 3. The highest BCUT2D eigenvalue weighted by Crippen LogP contribution is 2.22. The Morgan fingerprint density at radius 2 is 1.54 bits per heavy atom. The number of carbonyl (C=O) groups is 2. The Morgan fingerprint density at radius 1 is 0.923 bits per heavy atom. The van der Waals surface area contributed by atoms with Gasteiger partial charge in [-0.25, -0.2) is 8.70 Å². The van der Waals surface area contributed by atoms with Crippen LogP contribution < -0.4 is 9.62 Å². The van der Waals surface area contributed by atoms with Crippen molar-refractivity contribution < 1.29 is 22.4 Å². The minimum atomic E-state index is -4.13. The van der Waals surface area contributed by atoms with Crippen molar-refractivity contribution in [1.82, 2.24) is 14.5 Å². The van der Waals surface area contributed by atoms with Crippen LogP contribution in [0.25, 0.3) is 0 Å². The highest BCUT2D eigenvalue weighted by atomic mass is 32.2. The van der Waals surface area contributed by atoms with Crippen LogP contribution in [0.5, 0.6) is 0 Å². The lowest BCUT2D eigenvalue weighted by Gasteiger charge is -2.34. The summed E-state index contributed by atoms with van der Waals surface area (Å²) < 4.78 is 42.1. The van der Waals surface area contributed by atoms with Gasteiger partial charge >= 0.3 is 10.2 Å². The van der Waals surface area contributed by atoms with E-state index in [0.29, 0.717) is 6.54 Å². The lowest BCUT2D eigenvalue weighted by atomic mass is 10.0. The molecule has 208 valence electrons. The molecule has 8 nitrogen and oxygen atoms in total. The van der Waals surface area contributed by atoms with Gasteiger partial charge in [0.05, 0.1) is 5.69 Å². The molecule has 1 atom stereocenters. The number of anilines is 1. The summed E-state index contributed by atoms with van der Waals surface area (Å²) in [7, 11) is -1.42. The number of halogens is 1. The number of likely N-dealkylation sites (N-methyl/N-ethyl adjacent to an activating group) is 1. The maximum atomic E-state index is 14.1. The topological polar surface area (TPSA) is 90.0 Å². The Morgan fingerprint density at radius 3 is 2.13 bits per heavy atom. The lowest BCUT2D eigenvalue weighted by molar-refractivity contribution is -0.140. The number of rotatable bonds is 12. The van der Waals surface area contributed by atoms with E-state index < -0.39 is 34.5 Å². The molecule has 0 bridgehead atoms. The first-order chi connectivity index (χ1) is 18.5. The highest BCUT2D eigenvalue weighted by molar-refractivity contribution is 7.90. The van der Waals surface area contributed by atoms with E-state index in [1.165, 1.54) is 31.1 Å². The first-order valence-corrected chi connectivity index (χ1v) is 14.1. The number of benzene rings is 3. The van der Waals surface area contributed by atoms with Gasteiger partial charge in [0, 0.05) is 33.6 Å². The van der Waals surface area contributed by atoms with Crippen molar-refractivity contribution in [2.45, 2.75) is 32.9 Å². The van der Waals surface area contributed by atoms with Crippen molar-refractivity contribution in [2.75, 3.05) is 31.5 Å². The summed E-state index contributed by atoms with van der Waals surface area (Å²) in [5.74, 6) is -1.44. The van der Waals surface area contributed by atoms with Gasteiger partial charge in [-0.1, -0.05) is 54.6 Å². The molecule has 3 rings (SSSR count). The highest BCUT2D eigenvalue weighted by Gasteiger charge is 2.34. The summed E-state index contributed by atoms with van der Waals surface area (Å²) in [5.41, 5.74) is 2.75. The van der Waals surface area contributed by atoms with Crippen molar-refractivity contribution in [3.05, 3.63) is 101 Å². The fourth-order valence-corrected chi connectivity index (χ4v) is 5.20. The quantitative estimate of drug-likeness (QED) is 0.371. The number of carbonyl (C=O) groups excluding carboxylic acids is 2. The Kier molecular flexibility index (Phi) is 10.2. The molecular weight excluding hydrogens is 519 g/mol. The minimum Gasteiger partial charge on any atom is -0.355 e. The van der Waals surface area contributed by atoms with E-state index in [-0.39, 0.29) is 24.6 Å². The van der Waals surface area contributed by atoms with Crippen LogP contribution in [0.4, 0.5) is 10.1 Å². The second kappa shape index (κ2) is 13.3. The SMILES string of the molecule is CCNC(=O)C(Cc1ccccc1)N(Cc1ccccc1C)C(=O)CN(c1ccc(F)cc1)S(=O)(=O)N(C)C. The van der Waals surface area contributed by atoms with Gasteiger partial charge in [-0.2, -0.15) is 12.7 Å². The Labute approximate surface area is 230 Å². The van der Waals surface area contributed by atoms with E-state index in [0.717, 1.165) is 37.4 Å². The van der Waals surface area contributed by atoms with E-state index in [1.807, 2.05) is 61.5 Å². The van der Waals surface area contributed by atoms with Gasteiger partial charge in [0.25, 0.3) is 0 Å². The first kappa shape index (κ1) is 29.8. The third kappa shape index (κ3) is 7.64. The zero-order valence-electron chi connectivity index (χ0n) is 22.7. The van der Waals surface area contributed by atoms with E-state index in [2.05, 4.69) is 5.32 Å². The Bertz CT molecular complexity index is 1370. The average molecular weight is 555 g/mol. The van der Waals surface area contributed by atoms with Gasteiger partial charge in [-0.05, 0) is 54.8 Å². The summed E-state index contributed by atoms with van der Waals surface area (Å²) >= 11 is 0. The Hall–Kier alpha value is -3.76. The summed E-state index contributed by atoms with van der Waals surface area (Å²) in [6.07, 6.45) is 0.237. The van der Waals surface area contributed by atoms with Crippen LogP contribution in [0.15, 0.2) is 78.9 Å². The van der Waals surface area contributed by atoms with E-state index >= 15 is 0 Å². The van der Waals surface area contributed by atoms with Gasteiger partial charge in [0.1, 0.15) is 18.4 Å².